The minimum atomic E-state index is 0.135. The van der Waals surface area contributed by atoms with Crippen molar-refractivity contribution in [2.24, 2.45) is 0 Å². The van der Waals surface area contributed by atoms with E-state index in [1.165, 1.54) is 0 Å². The summed E-state index contributed by atoms with van der Waals surface area (Å²) in [6.45, 7) is 8.63. The molecular weight excluding hydrogens is 220 g/mol. The van der Waals surface area contributed by atoms with Crippen molar-refractivity contribution < 1.29 is 4.79 Å². The van der Waals surface area contributed by atoms with Crippen LogP contribution in [-0.2, 0) is 4.79 Å². The van der Waals surface area contributed by atoms with Crippen LogP contribution in [0.3, 0.4) is 0 Å². The molecule has 0 aromatic carbocycles. The van der Waals surface area contributed by atoms with Gasteiger partial charge < -0.3 is 9.80 Å². The van der Waals surface area contributed by atoms with Gasteiger partial charge in [0.25, 0.3) is 0 Å². The van der Waals surface area contributed by atoms with E-state index in [9.17, 15) is 4.79 Å². The third kappa shape index (κ3) is 2.09. The number of likely N-dealkylation sites (tertiary alicyclic amines) is 1. The van der Waals surface area contributed by atoms with E-state index in [2.05, 4.69) is 23.6 Å². The van der Waals surface area contributed by atoms with E-state index >= 15 is 0 Å². The lowest BCUT2D eigenvalue weighted by Crippen LogP contribution is -2.57. The molecule has 0 N–H and O–H groups in total. The maximum atomic E-state index is 11.9. The fourth-order valence-electron chi connectivity index (χ4n) is 2.87. The Labute approximate surface area is 103 Å². The summed E-state index contributed by atoms with van der Waals surface area (Å²) in [4.78, 5) is 16.7. The number of hydrogen-bond acceptors (Lipinski definition) is 3. The minimum Gasteiger partial charge on any atom is -0.328 e. The van der Waals surface area contributed by atoms with Gasteiger partial charge in [0, 0.05) is 31.8 Å². The van der Waals surface area contributed by atoms with Crippen molar-refractivity contribution in [3.63, 3.8) is 0 Å². The predicted molar refractivity (Wildman–Crippen MR) is 68.5 cm³/mol. The Bertz CT molecular complexity index is 262. The maximum Gasteiger partial charge on any atom is 0.224 e. The highest BCUT2D eigenvalue weighted by molar-refractivity contribution is 8.00. The summed E-state index contributed by atoms with van der Waals surface area (Å²) in [5, 5.41) is 0. The molecule has 2 rings (SSSR count). The van der Waals surface area contributed by atoms with Crippen molar-refractivity contribution in [3.8, 4) is 0 Å². The van der Waals surface area contributed by atoms with Crippen molar-refractivity contribution in [1.29, 1.82) is 0 Å². The first-order chi connectivity index (χ1) is 7.72. The lowest BCUT2D eigenvalue weighted by Gasteiger charge is -2.50. The smallest absolute Gasteiger partial charge is 0.224 e. The van der Waals surface area contributed by atoms with Crippen LogP contribution in [-0.4, -0.2) is 52.5 Å². The van der Waals surface area contributed by atoms with Gasteiger partial charge >= 0.3 is 0 Å². The summed E-state index contributed by atoms with van der Waals surface area (Å²) in [7, 11) is 0. The molecule has 0 atom stereocenters. The van der Waals surface area contributed by atoms with Gasteiger partial charge in [0.1, 0.15) is 0 Å². The third-order valence-electron chi connectivity index (χ3n) is 3.88. The first kappa shape index (κ1) is 12.2. The molecule has 4 heteroatoms. The van der Waals surface area contributed by atoms with Gasteiger partial charge in [-0.15, -0.1) is 11.8 Å². The van der Waals surface area contributed by atoms with E-state index in [0.717, 1.165) is 51.2 Å². The Hall–Kier alpha value is -0.220. The highest BCUT2D eigenvalue weighted by Crippen LogP contribution is 2.42. The predicted octanol–water partition coefficient (Wildman–Crippen LogP) is 1.78. The number of hydrogen-bond donors (Lipinski definition) is 0. The molecule has 16 heavy (non-hydrogen) atoms. The topological polar surface area (TPSA) is 23.6 Å². The number of thioether (sulfide) groups is 1. The molecule has 1 amide bonds. The molecule has 0 unspecified atom stereocenters. The molecule has 0 aromatic rings. The van der Waals surface area contributed by atoms with Crippen LogP contribution in [0, 0.1) is 0 Å². The van der Waals surface area contributed by atoms with Crippen LogP contribution >= 0.6 is 11.8 Å². The van der Waals surface area contributed by atoms with Gasteiger partial charge in [-0.25, -0.2) is 0 Å². The van der Waals surface area contributed by atoms with Crippen molar-refractivity contribution in [2.75, 3.05) is 31.9 Å². The molecule has 0 bridgehead atoms. The summed E-state index contributed by atoms with van der Waals surface area (Å²) in [5.41, 5.74) is 0. The van der Waals surface area contributed by atoms with Crippen LogP contribution in [0.15, 0.2) is 0 Å². The lowest BCUT2D eigenvalue weighted by molar-refractivity contribution is -0.135. The van der Waals surface area contributed by atoms with Gasteiger partial charge in [-0.3, -0.25) is 4.79 Å². The van der Waals surface area contributed by atoms with Gasteiger partial charge in [-0.05, 0) is 26.3 Å². The van der Waals surface area contributed by atoms with Crippen LogP contribution in [0.2, 0.25) is 0 Å². The Balaban J connectivity index is 2.08. The summed E-state index contributed by atoms with van der Waals surface area (Å²) in [5.74, 6) is 1.38. The second kappa shape index (κ2) is 4.96. The average Bonchev–Trinajstić information content (AvgIpc) is 2.30. The number of amides is 1. The Morgan fingerprint density at radius 2 is 1.94 bits per heavy atom. The zero-order valence-electron chi connectivity index (χ0n) is 10.4. The van der Waals surface area contributed by atoms with E-state index in [1.807, 2.05) is 11.8 Å². The first-order valence-corrected chi connectivity index (χ1v) is 7.37. The Morgan fingerprint density at radius 3 is 2.50 bits per heavy atom. The fraction of sp³-hybridized carbons (Fsp3) is 0.917. The Morgan fingerprint density at radius 1 is 1.25 bits per heavy atom. The van der Waals surface area contributed by atoms with Gasteiger partial charge in [0.05, 0.1) is 4.87 Å². The number of rotatable bonds is 2. The van der Waals surface area contributed by atoms with E-state index in [4.69, 9.17) is 0 Å². The quantitative estimate of drug-likeness (QED) is 0.737. The average molecular weight is 242 g/mol. The molecule has 0 aromatic heterocycles. The largest absolute Gasteiger partial charge is 0.328 e. The molecule has 2 aliphatic heterocycles. The molecule has 0 saturated carbocycles. The molecule has 0 radical (unpaired) electrons. The first-order valence-electron chi connectivity index (χ1n) is 6.38. The molecule has 2 aliphatic rings. The van der Waals surface area contributed by atoms with Crippen LogP contribution in [0.5, 0.6) is 0 Å². The minimum absolute atomic E-state index is 0.135. The Kier molecular flexibility index (Phi) is 3.80. The van der Waals surface area contributed by atoms with E-state index in [0.29, 0.717) is 5.91 Å². The maximum absolute atomic E-state index is 11.9. The van der Waals surface area contributed by atoms with Gasteiger partial charge in [-0.1, -0.05) is 6.92 Å². The van der Waals surface area contributed by atoms with E-state index in [-0.39, 0.29) is 4.87 Å². The number of carbonyl (C=O) groups excluding carboxylic acids is 1. The van der Waals surface area contributed by atoms with Gasteiger partial charge in [0.2, 0.25) is 5.91 Å². The van der Waals surface area contributed by atoms with Crippen molar-refractivity contribution >= 4 is 17.7 Å². The molecule has 0 aliphatic carbocycles. The third-order valence-corrected chi connectivity index (χ3v) is 5.45. The molecule has 2 fully saturated rings. The monoisotopic (exact) mass is 242 g/mol. The fourth-order valence-corrected chi connectivity index (χ4v) is 4.38. The molecule has 1 spiro atoms. The molecule has 92 valence electrons. The van der Waals surface area contributed by atoms with E-state index in [1.54, 1.807) is 0 Å². The number of nitrogens with zero attached hydrogens (tertiary/aromatic N) is 2. The summed E-state index contributed by atoms with van der Waals surface area (Å²) < 4.78 is 0. The summed E-state index contributed by atoms with van der Waals surface area (Å²) >= 11 is 2.01. The highest BCUT2D eigenvalue weighted by Gasteiger charge is 2.44. The number of piperidine rings is 1. The van der Waals surface area contributed by atoms with Crippen molar-refractivity contribution in [1.82, 2.24) is 9.80 Å². The van der Waals surface area contributed by atoms with E-state index < -0.39 is 0 Å². The zero-order chi connectivity index (χ0) is 11.6. The zero-order valence-corrected chi connectivity index (χ0v) is 11.2. The SMILES string of the molecule is CCN1CCC2(CC1)SCCC(=O)N2CC. The second-order valence-corrected chi connectivity index (χ2v) is 6.07. The summed E-state index contributed by atoms with van der Waals surface area (Å²) in [6, 6.07) is 0. The lowest BCUT2D eigenvalue weighted by atomic mass is 10.0. The van der Waals surface area contributed by atoms with Crippen LogP contribution in [0.25, 0.3) is 0 Å². The molecule has 3 nitrogen and oxygen atoms in total. The normalized spacial score (nSPS) is 26.4. The van der Waals surface area contributed by atoms with Gasteiger partial charge in [-0.2, -0.15) is 0 Å². The molecule has 2 saturated heterocycles. The molecule has 2 heterocycles. The van der Waals surface area contributed by atoms with Crippen LogP contribution in [0.1, 0.15) is 33.1 Å². The standard InChI is InChI=1S/C12H22N2OS/c1-3-13-8-6-12(7-9-13)14(4-2)11(15)5-10-16-12/h3-10H2,1-2H3. The number of carbonyl (C=O) groups is 1. The van der Waals surface area contributed by atoms with Crippen molar-refractivity contribution in [3.05, 3.63) is 0 Å². The van der Waals surface area contributed by atoms with Crippen LogP contribution < -0.4 is 0 Å². The molecular formula is C12H22N2OS. The highest BCUT2D eigenvalue weighted by atomic mass is 32.2. The summed E-state index contributed by atoms with van der Waals surface area (Å²) in [6.07, 6.45) is 3.02. The van der Waals surface area contributed by atoms with Crippen LogP contribution in [0.4, 0.5) is 0 Å². The second-order valence-electron chi connectivity index (χ2n) is 4.62. The van der Waals surface area contributed by atoms with Crippen molar-refractivity contribution in [2.45, 2.75) is 38.0 Å². The van der Waals surface area contributed by atoms with Gasteiger partial charge in [0.15, 0.2) is 0 Å².